The van der Waals surface area contributed by atoms with Gasteiger partial charge in [-0.15, -0.1) is 6.42 Å². The summed E-state index contributed by atoms with van der Waals surface area (Å²) in [5.41, 5.74) is 1.66. The first kappa shape index (κ1) is 9.29. The van der Waals surface area contributed by atoms with Crippen molar-refractivity contribution in [1.29, 1.82) is 0 Å². The van der Waals surface area contributed by atoms with Gasteiger partial charge >= 0.3 is 0 Å². The smallest absolute Gasteiger partial charge is 0.185 e. The third-order valence-corrected chi connectivity index (χ3v) is 2.06. The van der Waals surface area contributed by atoms with Gasteiger partial charge in [0.15, 0.2) is 12.0 Å². The first-order valence-electron chi connectivity index (χ1n) is 4.45. The zero-order chi connectivity index (χ0) is 10.7. The molecule has 72 valence electrons. The van der Waals surface area contributed by atoms with Crippen molar-refractivity contribution in [3.8, 4) is 23.7 Å². The zero-order valence-electron chi connectivity index (χ0n) is 7.94. The number of hydrogen-bond donors (Lipinski definition) is 0. The Kier molecular flexibility index (Phi) is 2.38. The van der Waals surface area contributed by atoms with Crippen LogP contribution in [0.4, 0.5) is 0 Å². The number of furan rings is 1. The molecule has 1 aromatic carbocycles. The molecule has 0 atom stereocenters. The van der Waals surface area contributed by atoms with Crippen LogP contribution in [0.5, 0.6) is 0 Å². The molecule has 1 aromatic heterocycles. The Bertz CT molecular complexity index is 529. The summed E-state index contributed by atoms with van der Waals surface area (Å²) in [7, 11) is 0. The third-order valence-electron chi connectivity index (χ3n) is 2.06. The van der Waals surface area contributed by atoms with Gasteiger partial charge in [0.2, 0.25) is 0 Å². The van der Waals surface area contributed by atoms with Crippen molar-refractivity contribution in [2.75, 3.05) is 0 Å². The van der Waals surface area contributed by atoms with E-state index in [2.05, 4.69) is 5.92 Å². The second-order valence-electron chi connectivity index (χ2n) is 3.05. The lowest BCUT2D eigenvalue weighted by atomic mass is 10.1. The van der Waals surface area contributed by atoms with Crippen LogP contribution in [0.2, 0.25) is 0 Å². The van der Waals surface area contributed by atoms with Gasteiger partial charge in [-0.1, -0.05) is 18.1 Å². The van der Waals surface area contributed by atoms with E-state index in [9.17, 15) is 4.79 Å². The Balaban J connectivity index is 2.45. The van der Waals surface area contributed by atoms with Gasteiger partial charge in [0.05, 0.1) is 0 Å². The lowest BCUT2D eigenvalue weighted by Gasteiger charge is -1.97. The summed E-state index contributed by atoms with van der Waals surface area (Å²) in [6, 6.07) is 10.8. The van der Waals surface area contributed by atoms with Crippen LogP contribution >= 0.6 is 0 Å². The van der Waals surface area contributed by atoms with E-state index in [-0.39, 0.29) is 0 Å². The summed E-state index contributed by atoms with van der Waals surface area (Å²) in [6.45, 7) is 0. The molecule has 2 aromatic rings. The zero-order valence-corrected chi connectivity index (χ0v) is 7.94. The molecule has 2 nitrogen and oxygen atoms in total. The lowest BCUT2D eigenvalue weighted by molar-refractivity contribution is 0.110. The molecule has 0 N–H and O–H groups in total. The second-order valence-corrected chi connectivity index (χ2v) is 3.05. The first-order valence-corrected chi connectivity index (χ1v) is 4.45. The molecule has 0 amide bonds. The molecule has 0 aliphatic heterocycles. The van der Waals surface area contributed by atoms with Gasteiger partial charge in [0.1, 0.15) is 5.76 Å². The summed E-state index contributed by atoms with van der Waals surface area (Å²) in [6.07, 6.45) is 5.97. The molecular formula is C13H8O2. The fourth-order valence-corrected chi connectivity index (χ4v) is 1.33. The second kappa shape index (κ2) is 3.85. The van der Waals surface area contributed by atoms with E-state index >= 15 is 0 Å². The van der Waals surface area contributed by atoms with E-state index in [1.807, 2.05) is 24.3 Å². The molecule has 0 saturated heterocycles. The van der Waals surface area contributed by atoms with Crippen LogP contribution in [0.15, 0.2) is 40.8 Å². The van der Waals surface area contributed by atoms with E-state index in [0.29, 0.717) is 17.8 Å². The molecule has 2 rings (SSSR count). The molecule has 0 spiro atoms. The predicted molar refractivity (Wildman–Crippen MR) is 57.5 cm³/mol. The third kappa shape index (κ3) is 1.82. The van der Waals surface area contributed by atoms with Crippen LogP contribution in [-0.4, -0.2) is 6.29 Å². The highest BCUT2D eigenvalue weighted by Crippen LogP contribution is 2.22. The highest BCUT2D eigenvalue weighted by molar-refractivity contribution is 5.73. The van der Waals surface area contributed by atoms with Gasteiger partial charge in [-0.25, -0.2) is 0 Å². The maximum Gasteiger partial charge on any atom is 0.185 e. The van der Waals surface area contributed by atoms with Crippen molar-refractivity contribution < 1.29 is 9.21 Å². The van der Waals surface area contributed by atoms with E-state index in [4.69, 9.17) is 10.8 Å². The number of rotatable bonds is 2. The minimum atomic E-state index is 0.316. The standard InChI is InChI=1S/C13H8O2/c1-2-10-4-3-5-11(8-10)13-7-6-12(9-14)15-13/h1,3-9H. The molecule has 0 fully saturated rings. The number of terminal acetylenes is 1. The molecule has 0 aliphatic carbocycles. The van der Waals surface area contributed by atoms with Crippen molar-refractivity contribution in [1.82, 2.24) is 0 Å². The SMILES string of the molecule is C#Cc1cccc(-c2ccc(C=O)o2)c1. The van der Waals surface area contributed by atoms with E-state index in [0.717, 1.165) is 11.1 Å². The fraction of sp³-hybridized carbons (Fsp3) is 0. The van der Waals surface area contributed by atoms with Crippen LogP contribution in [0, 0.1) is 12.3 Å². The highest BCUT2D eigenvalue weighted by Gasteiger charge is 2.03. The normalized spacial score (nSPS) is 9.53. The Morgan fingerprint density at radius 2 is 2.13 bits per heavy atom. The van der Waals surface area contributed by atoms with E-state index in [1.54, 1.807) is 12.1 Å². The number of benzene rings is 1. The first-order chi connectivity index (χ1) is 7.33. The lowest BCUT2D eigenvalue weighted by Crippen LogP contribution is -1.77. The van der Waals surface area contributed by atoms with Gasteiger partial charge in [0.25, 0.3) is 0 Å². The molecular weight excluding hydrogens is 188 g/mol. The van der Waals surface area contributed by atoms with Crippen LogP contribution in [0.3, 0.4) is 0 Å². The van der Waals surface area contributed by atoms with Crippen molar-refractivity contribution in [3.05, 3.63) is 47.7 Å². The summed E-state index contributed by atoms with van der Waals surface area (Å²) < 4.78 is 5.28. The van der Waals surface area contributed by atoms with Crippen LogP contribution < -0.4 is 0 Å². The predicted octanol–water partition coefficient (Wildman–Crippen LogP) is 2.74. The Morgan fingerprint density at radius 1 is 1.27 bits per heavy atom. The van der Waals surface area contributed by atoms with Gasteiger partial charge in [-0.3, -0.25) is 4.79 Å². The number of hydrogen-bond acceptors (Lipinski definition) is 2. The Labute approximate surface area is 87.5 Å². The minimum absolute atomic E-state index is 0.316. The topological polar surface area (TPSA) is 30.2 Å². The molecule has 0 saturated carbocycles. The summed E-state index contributed by atoms with van der Waals surface area (Å²) in [5, 5.41) is 0. The largest absolute Gasteiger partial charge is 0.453 e. The van der Waals surface area contributed by atoms with E-state index in [1.165, 1.54) is 0 Å². The molecule has 15 heavy (non-hydrogen) atoms. The summed E-state index contributed by atoms with van der Waals surface area (Å²) >= 11 is 0. The number of carbonyl (C=O) groups excluding carboxylic acids is 1. The van der Waals surface area contributed by atoms with Gasteiger partial charge in [-0.2, -0.15) is 0 Å². The molecule has 0 unspecified atom stereocenters. The quantitative estimate of drug-likeness (QED) is 0.546. The molecule has 0 radical (unpaired) electrons. The fourth-order valence-electron chi connectivity index (χ4n) is 1.33. The van der Waals surface area contributed by atoms with Crippen molar-refractivity contribution >= 4 is 6.29 Å². The van der Waals surface area contributed by atoms with Crippen molar-refractivity contribution in [3.63, 3.8) is 0 Å². The number of carbonyl (C=O) groups is 1. The van der Waals surface area contributed by atoms with Gasteiger partial charge in [-0.05, 0) is 24.3 Å². The van der Waals surface area contributed by atoms with Crippen molar-refractivity contribution in [2.45, 2.75) is 0 Å². The van der Waals surface area contributed by atoms with Crippen molar-refractivity contribution in [2.24, 2.45) is 0 Å². The Hall–Kier alpha value is -2.27. The minimum Gasteiger partial charge on any atom is -0.453 e. The Morgan fingerprint density at radius 3 is 2.80 bits per heavy atom. The monoisotopic (exact) mass is 196 g/mol. The molecule has 1 heterocycles. The summed E-state index contributed by atoms with van der Waals surface area (Å²) in [5.74, 6) is 3.51. The van der Waals surface area contributed by atoms with Gasteiger partial charge in [0, 0.05) is 11.1 Å². The number of aldehydes is 1. The average Bonchev–Trinajstić information content (AvgIpc) is 2.78. The maximum absolute atomic E-state index is 10.4. The van der Waals surface area contributed by atoms with Gasteiger partial charge < -0.3 is 4.42 Å². The maximum atomic E-state index is 10.4. The molecule has 0 bridgehead atoms. The highest BCUT2D eigenvalue weighted by atomic mass is 16.3. The van der Waals surface area contributed by atoms with Crippen LogP contribution in [0.25, 0.3) is 11.3 Å². The summed E-state index contributed by atoms with van der Waals surface area (Å²) in [4.78, 5) is 10.4. The van der Waals surface area contributed by atoms with E-state index < -0.39 is 0 Å². The molecule has 2 heteroatoms. The van der Waals surface area contributed by atoms with Crippen LogP contribution in [0.1, 0.15) is 16.1 Å². The van der Waals surface area contributed by atoms with Crippen LogP contribution in [-0.2, 0) is 0 Å². The average molecular weight is 196 g/mol. The molecule has 0 aliphatic rings.